The van der Waals surface area contributed by atoms with Gasteiger partial charge in [0.2, 0.25) is 0 Å². The van der Waals surface area contributed by atoms with Crippen molar-refractivity contribution in [3.8, 4) is 0 Å². The van der Waals surface area contributed by atoms with Crippen molar-refractivity contribution in [3.05, 3.63) is 35.9 Å². The first-order valence-electron chi connectivity index (χ1n) is 4.13. The van der Waals surface area contributed by atoms with Gasteiger partial charge in [-0.25, -0.2) is 0 Å². The van der Waals surface area contributed by atoms with Crippen LogP contribution in [0.5, 0.6) is 0 Å². The minimum atomic E-state index is 0.381. The summed E-state index contributed by atoms with van der Waals surface area (Å²) in [7, 11) is 0. The molecule has 1 aliphatic rings. The molecule has 1 aromatic rings. The Balaban J connectivity index is 2.16. The highest BCUT2D eigenvalue weighted by Crippen LogP contribution is 2.31. The number of hydrazone groups is 1. The Bertz CT molecular complexity index is 320. The summed E-state index contributed by atoms with van der Waals surface area (Å²) < 4.78 is 1.60. The van der Waals surface area contributed by atoms with E-state index in [4.69, 9.17) is 11.6 Å². The zero-order valence-corrected chi connectivity index (χ0v) is 8.00. The van der Waals surface area contributed by atoms with Crippen LogP contribution in [0.1, 0.15) is 10.8 Å². The molecule has 0 fully saturated rings. The molecule has 13 heavy (non-hydrogen) atoms. The van der Waals surface area contributed by atoms with Crippen LogP contribution in [0.3, 0.4) is 0 Å². The normalized spacial score (nSPS) is 22.3. The molecule has 0 aliphatic carbocycles. The first-order chi connectivity index (χ1) is 6.27. The summed E-state index contributed by atoms with van der Waals surface area (Å²) in [6.45, 7) is 0.792. The van der Waals surface area contributed by atoms with Crippen molar-refractivity contribution in [2.24, 2.45) is 11.6 Å². The smallest absolute Gasteiger partial charge is 0.280 e. The molecule has 0 amide bonds. The van der Waals surface area contributed by atoms with Gasteiger partial charge in [0, 0.05) is 0 Å². The SMILES string of the molecule is NC1=[N+](N)C[C@@H](c2ccccc2)S1. The third-order valence-corrected chi connectivity index (χ3v) is 3.26. The van der Waals surface area contributed by atoms with Gasteiger partial charge < -0.3 is 0 Å². The molecule has 1 atom stereocenters. The number of benzene rings is 1. The number of rotatable bonds is 1. The van der Waals surface area contributed by atoms with Crippen LogP contribution < -0.4 is 11.6 Å². The highest BCUT2D eigenvalue weighted by atomic mass is 32.2. The minimum absolute atomic E-state index is 0.381. The second-order valence-corrected chi connectivity index (χ2v) is 4.23. The van der Waals surface area contributed by atoms with Crippen molar-refractivity contribution in [3.63, 3.8) is 0 Å². The summed E-state index contributed by atoms with van der Waals surface area (Å²) >= 11 is 1.62. The molecule has 1 aliphatic heterocycles. The molecule has 3 nitrogen and oxygen atoms in total. The van der Waals surface area contributed by atoms with Crippen molar-refractivity contribution in [1.82, 2.24) is 0 Å². The van der Waals surface area contributed by atoms with Gasteiger partial charge in [0.1, 0.15) is 6.54 Å². The maximum atomic E-state index is 5.69. The molecular formula is C9H12N3S+. The van der Waals surface area contributed by atoms with E-state index in [2.05, 4.69) is 12.1 Å². The van der Waals surface area contributed by atoms with Crippen LogP contribution in [0.4, 0.5) is 0 Å². The molecule has 4 N–H and O–H groups in total. The number of hydrogen-bond donors (Lipinski definition) is 2. The molecule has 0 saturated carbocycles. The van der Waals surface area contributed by atoms with E-state index in [1.54, 1.807) is 16.4 Å². The predicted octanol–water partition coefficient (Wildman–Crippen LogP) is 0.675. The van der Waals surface area contributed by atoms with E-state index in [1.807, 2.05) is 18.2 Å². The summed E-state index contributed by atoms with van der Waals surface area (Å²) in [6, 6.07) is 10.3. The Labute approximate surface area is 81.4 Å². The van der Waals surface area contributed by atoms with Crippen molar-refractivity contribution in [1.29, 1.82) is 0 Å². The first-order valence-corrected chi connectivity index (χ1v) is 5.01. The van der Waals surface area contributed by atoms with Crippen LogP contribution in [0.2, 0.25) is 0 Å². The Morgan fingerprint density at radius 1 is 1.31 bits per heavy atom. The molecule has 0 saturated heterocycles. The van der Waals surface area contributed by atoms with Crippen LogP contribution in [0.15, 0.2) is 30.3 Å². The highest BCUT2D eigenvalue weighted by Gasteiger charge is 2.27. The van der Waals surface area contributed by atoms with Crippen molar-refractivity contribution < 1.29 is 4.68 Å². The first kappa shape index (κ1) is 8.44. The number of hydrazine groups is 1. The minimum Gasteiger partial charge on any atom is -0.280 e. The summed E-state index contributed by atoms with van der Waals surface area (Å²) in [4.78, 5) is 0. The molecule has 0 unspecified atom stereocenters. The van der Waals surface area contributed by atoms with Crippen LogP contribution in [0.25, 0.3) is 0 Å². The van der Waals surface area contributed by atoms with Crippen LogP contribution in [-0.4, -0.2) is 16.4 Å². The second kappa shape index (κ2) is 3.30. The highest BCUT2D eigenvalue weighted by molar-refractivity contribution is 8.13. The van der Waals surface area contributed by atoms with Gasteiger partial charge >= 0.3 is 5.17 Å². The van der Waals surface area contributed by atoms with Crippen molar-refractivity contribution in [2.75, 3.05) is 6.54 Å². The van der Waals surface area contributed by atoms with Crippen molar-refractivity contribution >= 4 is 16.9 Å². The second-order valence-electron chi connectivity index (χ2n) is 3.01. The van der Waals surface area contributed by atoms with Crippen LogP contribution in [-0.2, 0) is 0 Å². The van der Waals surface area contributed by atoms with E-state index >= 15 is 0 Å². The van der Waals surface area contributed by atoms with E-state index in [0.717, 1.165) is 6.54 Å². The van der Waals surface area contributed by atoms with Gasteiger partial charge in [-0.15, -0.1) is 0 Å². The number of hydrogen-bond acceptors (Lipinski definition) is 3. The monoisotopic (exact) mass is 194 g/mol. The molecule has 0 aromatic heterocycles. The van der Waals surface area contributed by atoms with E-state index in [0.29, 0.717) is 10.4 Å². The van der Waals surface area contributed by atoms with Gasteiger partial charge in [-0.05, 0) is 17.3 Å². The topological polar surface area (TPSA) is 55.0 Å². The number of amidine groups is 1. The fourth-order valence-electron chi connectivity index (χ4n) is 1.36. The van der Waals surface area contributed by atoms with Crippen LogP contribution >= 0.6 is 11.8 Å². The van der Waals surface area contributed by atoms with E-state index in [9.17, 15) is 0 Å². The fraction of sp³-hybridized carbons (Fsp3) is 0.222. The number of nitrogens with two attached hydrogens (primary N) is 2. The molecule has 2 rings (SSSR count). The standard InChI is InChI=1S/C9H11N3S/c10-9-12(11)6-8(13-9)7-4-2-1-3-5-7/h1-5,8,10H,6,11H2/p+1/t8-/m0/s1. The lowest BCUT2D eigenvalue weighted by atomic mass is 10.1. The lowest BCUT2D eigenvalue weighted by Gasteiger charge is -2.04. The van der Waals surface area contributed by atoms with Gasteiger partial charge in [-0.1, -0.05) is 30.3 Å². The predicted molar refractivity (Wildman–Crippen MR) is 55.3 cm³/mol. The zero-order valence-electron chi connectivity index (χ0n) is 7.18. The molecule has 4 heteroatoms. The molecule has 68 valence electrons. The quantitative estimate of drug-likeness (QED) is 0.510. The summed E-state index contributed by atoms with van der Waals surface area (Å²) in [6.07, 6.45) is 0. The summed E-state index contributed by atoms with van der Waals surface area (Å²) in [5.41, 5.74) is 6.97. The Morgan fingerprint density at radius 2 is 2.00 bits per heavy atom. The average Bonchev–Trinajstić information content (AvgIpc) is 2.49. The lowest BCUT2D eigenvalue weighted by molar-refractivity contribution is -0.534. The maximum absolute atomic E-state index is 5.69. The molecule has 1 heterocycles. The molecule has 0 radical (unpaired) electrons. The van der Waals surface area contributed by atoms with Crippen molar-refractivity contribution in [2.45, 2.75) is 5.25 Å². The van der Waals surface area contributed by atoms with E-state index in [1.165, 1.54) is 5.56 Å². The van der Waals surface area contributed by atoms with Crippen LogP contribution in [0, 0.1) is 0 Å². The van der Waals surface area contributed by atoms with Gasteiger partial charge in [0.15, 0.2) is 0 Å². The van der Waals surface area contributed by atoms with Gasteiger partial charge in [0.25, 0.3) is 0 Å². The van der Waals surface area contributed by atoms with E-state index < -0.39 is 0 Å². The molecule has 0 bridgehead atoms. The summed E-state index contributed by atoms with van der Waals surface area (Å²) in [5, 5.41) is 1.08. The maximum Gasteiger partial charge on any atom is 0.327 e. The molecular weight excluding hydrogens is 182 g/mol. The molecule has 0 spiro atoms. The lowest BCUT2D eigenvalue weighted by Crippen LogP contribution is -2.26. The van der Waals surface area contributed by atoms with Gasteiger partial charge in [-0.3, -0.25) is 11.6 Å². The summed E-state index contributed by atoms with van der Waals surface area (Å²) in [5.74, 6) is 5.66. The Morgan fingerprint density at radius 3 is 2.54 bits per heavy atom. The Hall–Kier alpha value is -1.16. The van der Waals surface area contributed by atoms with E-state index in [-0.39, 0.29) is 0 Å². The molecule has 1 aromatic carbocycles. The number of nitrogens with zero attached hydrogens (tertiary/aromatic N) is 1. The third-order valence-electron chi connectivity index (χ3n) is 2.08. The average molecular weight is 194 g/mol. The number of thioether (sulfide) groups is 1. The fourth-order valence-corrected chi connectivity index (χ4v) is 2.39. The largest absolute Gasteiger partial charge is 0.327 e. The third kappa shape index (κ3) is 1.62. The van der Waals surface area contributed by atoms with Gasteiger partial charge in [-0.2, -0.15) is 4.68 Å². The Kier molecular flexibility index (Phi) is 2.14. The zero-order chi connectivity index (χ0) is 9.26. The van der Waals surface area contributed by atoms with Gasteiger partial charge in [0.05, 0.1) is 5.25 Å².